The van der Waals surface area contributed by atoms with Gasteiger partial charge < -0.3 is 20.1 Å². The van der Waals surface area contributed by atoms with Crippen LogP contribution < -0.4 is 20.1 Å². The lowest BCUT2D eigenvalue weighted by Crippen LogP contribution is -2.41. The van der Waals surface area contributed by atoms with Crippen LogP contribution in [0.15, 0.2) is 42.5 Å². The fourth-order valence-electron chi connectivity index (χ4n) is 4.17. The van der Waals surface area contributed by atoms with Crippen molar-refractivity contribution in [2.45, 2.75) is 37.8 Å². The summed E-state index contributed by atoms with van der Waals surface area (Å²) in [4.78, 5) is 14.5. The molecule has 1 aliphatic rings. The number of alkyl halides is 3. The van der Waals surface area contributed by atoms with Crippen molar-refractivity contribution in [2.24, 2.45) is 0 Å². The van der Waals surface area contributed by atoms with Gasteiger partial charge in [0.2, 0.25) is 5.91 Å². The molecule has 9 heteroatoms. The van der Waals surface area contributed by atoms with Gasteiger partial charge in [0.05, 0.1) is 25.8 Å². The van der Waals surface area contributed by atoms with Crippen molar-refractivity contribution in [1.82, 2.24) is 15.5 Å². The number of hydrogen-bond donors (Lipinski definition) is 2. The predicted octanol–water partition coefficient (Wildman–Crippen LogP) is 3.20. The zero-order chi connectivity index (χ0) is 23.3. The number of rotatable bonds is 8. The number of methoxy groups -OCH3 is 2. The predicted molar refractivity (Wildman–Crippen MR) is 114 cm³/mol. The van der Waals surface area contributed by atoms with Crippen LogP contribution in [0.1, 0.15) is 23.1 Å². The summed E-state index contributed by atoms with van der Waals surface area (Å²) >= 11 is 0. The highest BCUT2D eigenvalue weighted by Crippen LogP contribution is 2.34. The van der Waals surface area contributed by atoms with Crippen LogP contribution in [0.4, 0.5) is 13.2 Å². The van der Waals surface area contributed by atoms with E-state index in [-0.39, 0.29) is 24.1 Å². The number of benzene rings is 2. The van der Waals surface area contributed by atoms with Crippen LogP contribution in [0.2, 0.25) is 0 Å². The molecule has 2 atom stereocenters. The Balaban J connectivity index is 1.75. The van der Waals surface area contributed by atoms with Crippen molar-refractivity contribution in [2.75, 3.05) is 27.8 Å². The molecule has 1 heterocycles. The highest BCUT2D eigenvalue weighted by Gasteiger charge is 2.37. The third kappa shape index (κ3) is 5.34. The van der Waals surface area contributed by atoms with Gasteiger partial charge in [-0.2, -0.15) is 13.2 Å². The van der Waals surface area contributed by atoms with Crippen molar-refractivity contribution in [1.29, 1.82) is 0 Å². The molecule has 2 aromatic carbocycles. The van der Waals surface area contributed by atoms with Gasteiger partial charge in [-0.15, -0.1) is 0 Å². The van der Waals surface area contributed by atoms with Crippen molar-refractivity contribution < 1.29 is 27.4 Å². The highest BCUT2D eigenvalue weighted by atomic mass is 19.4. The molecule has 3 rings (SSSR count). The number of nitrogens with zero attached hydrogens (tertiary/aromatic N) is 1. The van der Waals surface area contributed by atoms with Crippen LogP contribution >= 0.6 is 0 Å². The van der Waals surface area contributed by atoms with E-state index in [0.717, 1.165) is 11.6 Å². The van der Waals surface area contributed by atoms with Gasteiger partial charge in [-0.1, -0.05) is 30.3 Å². The summed E-state index contributed by atoms with van der Waals surface area (Å²) in [7, 11) is 4.69. The molecule has 2 N–H and O–H groups in total. The molecule has 0 aromatic heterocycles. The third-order valence-electron chi connectivity index (χ3n) is 5.71. The molecule has 0 spiro atoms. The van der Waals surface area contributed by atoms with Gasteiger partial charge in [-0.3, -0.25) is 9.69 Å². The number of halogens is 3. The molecule has 0 aliphatic carbocycles. The first kappa shape index (κ1) is 23.9. The summed E-state index contributed by atoms with van der Waals surface area (Å²) in [6.07, 6.45) is -3.92. The second kappa shape index (κ2) is 10.2. The van der Waals surface area contributed by atoms with Crippen LogP contribution in [-0.4, -0.2) is 50.7 Å². The maximum absolute atomic E-state index is 13.3. The summed E-state index contributed by atoms with van der Waals surface area (Å²) in [6, 6.07) is 10.5. The molecule has 1 aliphatic heterocycles. The fourth-order valence-corrected chi connectivity index (χ4v) is 4.17. The van der Waals surface area contributed by atoms with E-state index in [1.54, 1.807) is 33.4 Å². The lowest BCUT2D eigenvalue weighted by molar-refractivity contribution is -0.138. The van der Waals surface area contributed by atoms with E-state index >= 15 is 0 Å². The first-order chi connectivity index (χ1) is 15.3. The van der Waals surface area contributed by atoms with Crippen LogP contribution in [0.5, 0.6) is 11.5 Å². The van der Waals surface area contributed by atoms with E-state index in [9.17, 15) is 18.0 Å². The standard InChI is InChI=1S/C23H28F3N3O3/c1-27-22(30)19-11-17(28-12-15-7-4-5-9-18(15)23(24,25)26)14-29(19)13-16-8-6-10-20(31-2)21(16)32-3/h4-10,17,19,28H,11-14H2,1-3H3,(H,27,30)/t17-,19-/m0/s1. The molecule has 0 saturated carbocycles. The maximum atomic E-state index is 13.3. The molecular weight excluding hydrogens is 423 g/mol. The number of para-hydroxylation sites is 1. The Bertz CT molecular complexity index is 936. The SMILES string of the molecule is CNC(=O)[C@@H]1C[C@H](NCc2ccccc2C(F)(F)F)CN1Cc1cccc(OC)c1OC. The molecule has 2 aromatic rings. The van der Waals surface area contributed by atoms with E-state index in [0.29, 0.717) is 31.0 Å². The number of nitrogens with one attached hydrogen (secondary N) is 2. The van der Waals surface area contributed by atoms with E-state index in [2.05, 4.69) is 10.6 Å². The summed E-state index contributed by atoms with van der Waals surface area (Å²) < 4.78 is 50.7. The largest absolute Gasteiger partial charge is 0.493 e. The topological polar surface area (TPSA) is 62.8 Å². The summed E-state index contributed by atoms with van der Waals surface area (Å²) in [5.74, 6) is 1.06. The number of ether oxygens (including phenoxy) is 2. The zero-order valence-electron chi connectivity index (χ0n) is 18.3. The molecule has 0 bridgehead atoms. The Morgan fingerprint density at radius 2 is 1.81 bits per heavy atom. The molecule has 1 amide bonds. The molecule has 1 saturated heterocycles. The second-order valence-electron chi connectivity index (χ2n) is 7.68. The van der Waals surface area contributed by atoms with Gasteiger partial charge in [0.25, 0.3) is 0 Å². The summed E-state index contributed by atoms with van der Waals surface area (Å²) in [5, 5.41) is 5.89. The van der Waals surface area contributed by atoms with Gasteiger partial charge in [0.1, 0.15) is 0 Å². The number of hydrogen-bond acceptors (Lipinski definition) is 5. The molecule has 174 valence electrons. The summed E-state index contributed by atoms with van der Waals surface area (Å²) in [6.45, 7) is 1.01. The third-order valence-corrected chi connectivity index (χ3v) is 5.71. The first-order valence-corrected chi connectivity index (χ1v) is 10.3. The van der Waals surface area contributed by atoms with Gasteiger partial charge in [0, 0.05) is 38.3 Å². The van der Waals surface area contributed by atoms with Crippen molar-refractivity contribution in [3.05, 3.63) is 59.2 Å². The number of likely N-dealkylation sites (N-methyl/N-ethyl adjacent to an activating group) is 1. The fraction of sp³-hybridized carbons (Fsp3) is 0.435. The van der Waals surface area contributed by atoms with Gasteiger partial charge in [-0.25, -0.2) is 0 Å². The second-order valence-corrected chi connectivity index (χ2v) is 7.68. The van der Waals surface area contributed by atoms with Gasteiger partial charge in [0.15, 0.2) is 11.5 Å². The summed E-state index contributed by atoms with van der Waals surface area (Å²) in [5.41, 5.74) is 0.402. The van der Waals surface area contributed by atoms with Crippen LogP contribution in [-0.2, 0) is 24.1 Å². The minimum atomic E-state index is -4.41. The average molecular weight is 451 g/mol. The van der Waals surface area contributed by atoms with Crippen LogP contribution in [0.25, 0.3) is 0 Å². The van der Waals surface area contributed by atoms with Crippen molar-refractivity contribution >= 4 is 5.91 Å². The minimum Gasteiger partial charge on any atom is -0.493 e. The number of carbonyl (C=O) groups is 1. The van der Waals surface area contributed by atoms with Crippen LogP contribution in [0, 0.1) is 0 Å². The first-order valence-electron chi connectivity index (χ1n) is 10.3. The Morgan fingerprint density at radius 1 is 1.09 bits per heavy atom. The Kier molecular flexibility index (Phi) is 7.63. The Labute approximate surface area is 185 Å². The monoisotopic (exact) mass is 451 g/mol. The van der Waals surface area contributed by atoms with E-state index in [1.165, 1.54) is 12.1 Å². The molecule has 32 heavy (non-hydrogen) atoms. The Morgan fingerprint density at radius 3 is 2.47 bits per heavy atom. The van der Waals surface area contributed by atoms with E-state index in [4.69, 9.17) is 9.47 Å². The molecule has 0 radical (unpaired) electrons. The van der Waals surface area contributed by atoms with E-state index in [1.807, 2.05) is 17.0 Å². The Hall–Kier alpha value is -2.78. The molecule has 1 fully saturated rings. The lowest BCUT2D eigenvalue weighted by Gasteiger charge is -2.24. The molecule has 6 nitrogen and oxygen atoms in total. The van der Waals surface area contributed by atoms with Crippen LogP contribution in [0.3, 0.4) is 0 Å². The van der Waals surface area contributed by atoms with Gasteiger partial charge >= 0.3 is 6.18 Å². The number of likely N-dealkylation sites (tertiary alicyclic amines) is 1. The molecule has 0 unspecified atom stereocenters. The van der Waals surface area contributed by atoms with Gasteiger partial charge in [-0.05, 0) is 24.1 Å². The smallest absolute Gasteiger partial charge is 0.416 e. The zero-order valence-corrected chi connectivity index (χ0v) is 18.3. The maximum Gasteiger partial charge on any atom is 0.416 e. The molecular formula is C23H28F3N3O3. The van der Waals surface area contributed by atoms with Crippen molar-refractivity contribution in [3.63, 3.8) is 0 Å². The number of amides is 1. The lowest BCUT2D eigenvalue weighted by atomic mass is 10.1. The van der Waals surface area contributed by atoms with E-state index < -0.39 is 17.8 Å². The van der Waals surface area contributed by atoms with Crippen molar-refractivity contribution in [3.8, 4) is 11.5 Å². The highest BCUT2D eigenvalue weighted by molar-refractivity contribution is 5.81. The number of carbonyl (C=O) groups excluding carboxylic acids is 1. The quantitative estimate of drug-likeness (QED) is 0.646. The minimum absolute atomic E-state index is 0.0666. The normalized spacial score (nSPS) is 19.1. The average Bonchev–Trinajstić information content (AvgIpc) is 3.19.